The number of benzene rings is 2. The highest BCUT2D eigenvalue weighted by molar-refractivity contribution is 5.97. The SMILES string of the molecule is Cc1c(C(=O)O[C@@H](C(=O)N(C)C)c2ccccc2)oc2c(F)cccc12. The molecule has 0 saturated heterocycles. The Morgan fingerprint density at radius 1 is 1.08 bits per heavy atom. The van der Waals surface area contributed by atoms with E-state index in [2.05, 4.69) is 0 Å². The van der Waals surface area contributed by atoms with Gasteiger partial charge in [-0.15, -0.1) is 0 Å². The second-order valence-corrected chi connectivity index (χ2v) is 6.10. The number of esters is 1. The Kier molecular flexibility index (Phi) is 4.75. The molecule has 0 bridgehead atoms. The molecule has 26 heavy (non-hydrogen) atoms. The fourth-order valence-electron chi connectivity index (χ4n) is 2.69. The minimum Gasteiger partial charge on any atom is -0.446 e. The van der Waals surface area contributed by atoms with Gasteiger partial charge in [0, 0.05) is 30.6 Å². The summed E-state index contributed by atoms with van der Waals surface area (Å²) in [5, 5.41) is 0.493. The highest BCUT2D eigenvalue weighted by Crippen LogP contribution is 2.29. The average Bonchev–Trinajstić information content (AvgIpc) is 2.98. The summed E-state index contributed by atoms with van der Waals surface area (Å²) in [4.78, 5) is 26.5. The van der Waals surface area contributed by atoms with Crippen molar-refractivity contribution in [3.8, 4) is 0 Å². The van der Waals surface area contributed by atoms with Gasteiger partial charge >= 0.3 is 5.97 Å². The summed E-state index contributed by atoms with van der Waals surface area (Å²) in [6.45, 7) is 1.65. The van der Waals surface area contributed by atoms with Crippen LogP contribution in [-0.4, -0.2) is 30.9 Å². The molecule has 5 nitrogen and oxygen atoms in total. The van der Waals surface area contributed by atoms with Crippen LogP contribution in [0.3, 0.4) is 0 Å². The number of aryl methyl sites for hydroxylation is 1. The lowest BCUT2D eigenvalue weighted by molar-refractivity contribution is -0.138. The largest absolute Gasteiger partial charge is 0.446 e. The zero-order valence-corrected chi connectivity index (χ0v) is 14.7. The summed E-state index contributed by atoms with van der Waals surface area (Å²) in [5.41, 5.74) is 1.00. The third-order valence-electron chi connectivity index (χ3n) is 4.09. The van der Waals surface area contributed by atoms with Crippen LogP contribution in [0.25, 0.3) is 11.0 Å². The van der Waals surface area contributed by atoms with Crippen LogP contribution < -0.4 is 0 Å². The van der Waals surface area contributed by atoms with E-state index in [1.54, 1.807) is 57.4 Å². The van der Waals surface area contributed by atoms with Crippen LogP contribution in [0.2, 0.25) is 0 Å². The van der Waals surface area contributed by atoms with Gasteiger partial charge in [-0.25, -0.2) is 9.18 Å². The van der Waals surface area contributed by atoms with Crippen LogP contribution in [0.5, 0.6) is 0 Å². The first-order valence-electron chi connectivity index (χ1n) is 8.05. The zero-order valence-electron chi connectivity index (χ0n) is 14.7. The van der Waals surface area contributed by atoms with Crippen LogP contribution in [0.1, 0.15) is 27.8 Å². The number of furan rings is 1. The number of para-hydroxylation sites is 1. The molecule has 1 amide bonds. The number of amides is 1. The number of carbonyl (C=O) groups is 2. The quantitative estimate of drug-likeness (QED) is 0.667. The van der Waals surface area contributed by atoms with E-state index in [1.165, 1.54) is 17.0 Å². The number of fused-ring (bicyclic) bond motifs is 1. The second-order valence-electron chi connectivity index (χ2n) is 6.10. The molecule has 1 atom stereocenters. The first kappa shape index (κ1) is 17.7. The predicted octanol–water partition coefficient (Wildman–Crippen LogP) is 3.87. The number of likely N-dealkylation sites (N-methyl/N-ethyl adjacent to an activating group) is 1. The number of carbonyl (C=O) groups excluding carboxylic acids is 2. The maximum Gasteiger partial charge on any atom is 0.375 e. The van der Waals surface area contributed by atoms with Crippen molar-refractivity contribution in [3.63, 3.8) is 0 Å². The van der Waals surface area contributed by atoms with Crippen LogP contribution in [-0.2, 0) is 9.53 Å². The first-order chi connectivity index (χ1) is 12.4. The Morgan fingerprint density at radius 3 is 2.38 bits per heavy atom. The maximum absolute atomic E-state index is 13.9. The Hall–Kier alpha value is -3.15. The van der Waals surface area contributed by atoms with Gasteiger partial charge in [-0.2, -0.15) is 0 Å². The number of hydrogen-bond donors (Lipinski definition) is 0. The van der Waals surface area contributed by atoms with E-state index in [0.717, 1.165) is 0 Å². The molecule has 0 fully saturated rings. The van der Waals surface area contributed by atoms with Gasteiger partial charge in [0.25, 0.3) is 5.91 Å². The fourth-order valence-corrected chi connectivity index (χ4v) is 2.69. The maximum atomic E-state index is 13.9. The average molecular weight is 355 g/mol. The Labute approximate surface area is 150 Å². The zero-order chi connectivity index (χ0) is 18.8. The van der Waals surface area contributed by atoms with Gasteiger partial charge < -0.3 is 14.1 Å². The molecular weight excluding hydrogens is 337 g/mol. The molecule has 2 aromatic carbocycles. The van der Waals surface area contributed by atoms with E-state index in [9.17, 15) is 14.0 Å². The molecule has 0 aliphatic rings. The van der Waals surface area contributed by atoms with Gasteiger partial charge in [0.2, 0.25) is 11.9 Å². The summed E-state index contributed by atoms with van der Waals surface area (Å²) in [7, 11) is 3.15. The van der Waals surface area contributed by atoms with Crippen LogP contribution >= 0.6 is 0 Å². The number of hydrogen-bond acceptors (Lipinski definition) is 4. The third kappa shape index (κ3) is 3.18. The van der Waals surface area contributed by atoms with Crippen molar-refractivity contribution in [3.05, 3.63) is 71.2 Å². The number of nitrogens with zero attached hydrogens (tertiary/aromatic N) is 1. The number of halogens is 1. The van der Waals surface area contributed by atoms with Gasteiger partial charge in [0.1, 0.15) is 0 Å². The highest BCUT2D eigenvalue weighted by Gasteiger charge is 2.29. The Bertz CT molecular complexity index is 963. The van der Waals surface area contributed by atoms with Gasteiger partial charge in [-0.05, 0) is 13.0 Å². The normalized spacial score (nSPS) is 12.0. The lowest BCUT2D eigenvalue weighted by atomic mass is 10.1. The monoisotopic (exact) mass is 355 g/mol. The topological polar surface area (TPSA) is 59.8 Å². The van der Waals surface area contributed by atoms with E-state index in [0.29, 0.717) is 16.5 Å². The van der Waals surface area contributed by atoms with Crippen molar-refractivity contribution in [2.75, 3.05) is 14.1 Å². The van der Waals surface area contributed by atoms with E-state index >= 15 is 0 Å². The van der Waals surface area contributed by atoms with E-state index < -0.39 is 17.9 Å². The van der Waals surface area contributed by atoms with Crippen LogP contribution in [0.4, 0.5) is 4.39 Å². The van der Waals surface area contributed by atoms with Crippen molar-refractivity contribution >= 4 is 22.8 Å². The Morgan fingerprint density at radius 2 is 1.77 bits per heavy atom. The molecule has 0 aliphatic carbocycles. The van der Waals surface area contributed by atoms with Crippen molar-refractivity contribution in [1.82, 2.24) is 4.90 Å². The smallest absolute Gasteiger partial charge is 0.375 e. The van der Waals surface area contributed by atoms with Crippen molar-refractivity contribution in [1.29, 1.82) is 0 Å². The summed E-state index contributed by atoms with van der Waals surface area (Å²) in [6.07, 6.45) is -1.11. The molecular formula is C20H18FNO4. The standard InChI is InChI=1S/C20H18FNO4/c1-12-14-10-7-11-15(21)18(14)25-16(12)20(24)26-17(19(23)22(2)3)13-8-5-4-6-9-13/h4-11,17H,1-3H3/t17-/m1/s1. The third-order valence-corrected chi connectivity index (χ3v) is 4.09. The minimum atomic E-state index is -1.11. The van der Waals surface area contributed by atoms with Crippen molar-refractivity contribution < 1.29 is 23.1 Å². The van der Waals surface area contributed by atoms with Gasteiger partial charge in [0.15, 0.2) is 11.4 Å². The molecule has 6 heteroatoms. The molecule has 1 aromatic heterocycles. The van der Waals surface area contributed by atoms with Crippen LogP contribution in [0, 0.1) is 12.7 Å². The lowest BCUT2D eigenvalue weighted by Gasteiger charge is -2.20. The van der Waals surface area contributed by atoms with E-state index in [1.807, 2.05) is 0 Å². The molecule has 0 aliphatic heterocycles. The molecule has 1 heterocycles. The summed E-state index contributed by atoms with van der Waals surface area (Å²) in [5.74, 6) is -1.88. The summed E-state index contributed by atoms with van der Waals surface area (Å²) >= 11 is 0. The van der Waals surface area contributed by atoms with E-state index in [-0.39, 0.29) is 17.3 Å². The summed E-state index contributed by atoms with van der Waals surface area (Å²) < 4.78 is 24.7. The molecule has 0 radical (unpaired) electrons. The molecule has 0 unspecified atom stereocenters. The first-order valence-corrected chi connectivity index (χ1v) is 8.05. The highest BCUT2D eigenvalue weighted by atomic mass is 19.1. The van der Waals surface area contributed by atoms with E-state index in [4.69, 9.17) is 9.15 Å². The lowest BCUT2D eigenvalue weighted by Crippen LogP contribution is -2.31. The molecule has 0 spiro atoms. The minimum absolute atomic E-state index is 0.00727. The molecule has 134 valence electrons. The number of rotatable bonds is 4. The Balaban J connectivity index is 1.97. The molecule has 0 saturated carbocycles. The van der Waals surface area contributed by atoms with Crippen molar-refractivity contribution in [2.45, 2.75) is 13.0 Å². The predicted molar refractivity (Wildman–Crippen MR) is 94.2 cm³/mol. The second kappa shape index (κ2) is 7.00. The fraction of sp³-hybridized carbons (Fsp3) is 0.200. The van der Waals surface area contributed by atoms with Crippen molar-refractivity contribution in [2.24, 2.45) is 0 Å². The molecule has 3 aromatic rings. The van der Waals surface area contributed by atoms with Gasteiger partial charge in [0.05, 0.1) is 0 Å². The molecule has 3 rings (SSSR count). The van der Waals surface area contributed by atoms with Crippen LogP contribution in [0.15, 0.2) is 52.9 Å². The number of ether oxygens (including phenoxy) is 1. The van der Waals surface area contributed by atoms with Gasteiger partial charge in [-0.1, -0.05) is 42.5 Å². The van der Waals surface area contributed by atoms with Gasteiger partial charge in [-0.3, -0.25) is 4.79 Å². The summed E-state index contributed by atoms with van der Waals surface area (Å²) in [6, 6.07) is 13.2. The molecule has 0 N–H and O–H groups in total.